The Morgan fingerprint density at radius 1 is 0.920 bits per heavy atom. The van der Waals surface area contributed by atoms with Crippen molar-refractivity contribution in [2.45, 2.75) is 57.5 Å². The number of benzene rings is 2. The van der Waals surface area contributed by atoms with Crippen molar-refractivity contribution in [2.75, 3.05) is 0 Å². The second-order valence-corrected chi connectivity index (χ2v) is 9.26. The number of rotatable bonds is 1. The third kappa shape index (κ3) is 2.56. The first-order valence-electron chi connectivity index (χ1n) is 9.40. The summed E-state index contributed by atoms with van der Waals surface area (Å²) >= 11 is 0. The smallest absolute Gasteiger partial charge is 0.139 e. The average Bonchev–Trinajstić information content (AvgIpc) is 2.85. The number of nitrogens with zero attached hydrogens (tertiary/aromatic N) is 1. The van der Waals surface area contributed by atoms with Crippen molar-refractivity contribution in [1.82, 2.24) is 5.06 Å². The number of fused-ring (bicyclic) bond motifs is 3. The van der Waals surface area contributed by atoms with Gasteiger partial charge in [-0.25, -0.2) is 0 Å². The van der Waals surface area contributed by atoms with E-state index in [0.29, 0.717) is 11.8 Å². The van der Waals surface area contributed by atoms with Gasteiger partial charge in [-0.15, -0.1) is 0 Å². The molecule has 2 aliphatic rings. The third-order valence-corrected chi connectivity index (χ3v) is 6.27. The highest BCUT2D eigenvalue weighted by Gasteiger charge is 2.48. The molecule has 1 saturated heterocycles. The monoisotopic (exact) mass is 333 g/mol. The van der Waals surface area contributed by atoms with E-state index in [1.165, 1.54) is 27.7 Å². The lowest BCUT2D eigenvalue weighted by molar-refractivity contribution is -0.251. The Balaban J connectivity index is 1.84. The summed E-state index contributed by atoms with van der Waals surface area (Å²) < 4.78 is 0. The van der Waals surface area contributed by atoms with E-state index in [0.717, 1.165) is 12.8 Å². The van der Waals surface area contributed by atoms with Gasteiger partial charge in [0.2, 0.25) is 0 Å². The SMILES string of the molecule is Bc1ccc2c(c1)C(C1CC(C)(C)N(O)C(C)(C)C1)c1ccccc1-2. The zero-order valence-electron chi connectivity index (χ0n) is 16.0. The predicted octanol–water partition coefficient (Wildman–Crippen LogP) is 3.72. The highest BCUT2D eigenvalue weighted by Crippen LogP contribution is 2.54. The molecule has 0 amide bonds. The van der Waals surface area contributed by atoms with Crippen LogP contribution in [0.2, 0.25) is 0 Å². The molecule has 25 heavy (non-hydrogen) atoms. The van der Waals surface area contributed by atoms with E-state index in [9.17, 15) is 5.21 Å². The van der Waals surface area contributed by atoms with Gasteiger partial charge < -0.3 is 5.21 Å². The molecule has 2 aromatic carbocycles. The van der Waals surface area contributed by atoms with Crippen LogP contribution in [0.5, 0.6) is 0 Å². The molecular formula is C22H28BNO. The zero-order valence-corrected chi connectivity index (χ0v) is 16.0. The van der Waals surface area contributed by atoms with E-state index in [1.807, 2.05) is 0 Å². The molecule has 130 valence electrons. The molecule has 0 bridgehead atoms. The first-order valence-corrected chi connectivity index (χ1v) is 9.40. The Morgan fingerprint density at radius 3 is 2.20 bits per heavy atom. The van der Waals surface area contributed by atoms with E-state index in [2.05, 4.69) is 78.0 Å². The summed E-state index contributed by atoms with van der Waals surface area (Å²) in [6, 6.07) is 15.8. The Labute approximate surface area is 152 Å². The summed E-state index contributed by atoms with van der Waals surface area (Å²) in [5.74, 6) is 0.955. The summed E-state index contributed by atoms with van der Waals surface area (Å²) in [5.41, 5.74) is 6.63. The van der Waals surface area contributed by atoms with Gasteiger partial charge in [0, 0.05) is 17.0 Å². The summed E-state index contributed by atoms with van der Waals surface area (Å²) in [4.78, 5) is 0. The maximum absolute atomic E-state index is 10.7. The molecule has 0 radical (unpaired) electrons. The normalized spacial score (nSPS) is 24.8. The molecule has 0 aromatic heterocycles. The second kappa shape index (κ2) is 5.46. The van der Waals surface area contributed by atoms with Crippen LogP contribution in [0.4, 0.5) is 0 Å². The Morgan fingerprint density at radius 2 is 1.52 bits per heavy atom. The largest absolute Gasteiger partial charge is 0.313 e. The Hall–Kier alpha value is -1.58. The Kier molecular flexibility index (Phi) is 3.68. The molecule has 0 spiro atoms. The van der Waals surface area contributed by atoms with Gasteiger partial charge >= 0.3 is 0 Å². The quantitative estimate of drug-likeness (QED) is 0.804. The summed E-state index contributed by atoms with van der Waals surface area (Å²) in [6.07, 6.45) is 2.00. The number of hydrogen-bond donors (Lipinski definition) is 1. The maximum atomic E-state index is 10.7. The van der Waals surface area contributed by atoms with Crippen LogP contribution in [0.3, 0.4) is 0 Å². The molecule has 2 nitrogen and oxygen atoms in total. The standard InChI is InChI=1S/C22H28BNO/c1-21(2)12-14(13-22(3,4)24(21)25)20-18-8-6-5-7-16(18)17-10-9-15(23)11-19(17)20/h5-11,14,20,25H,12-13,23H2,1-4H3. The zero-order chi connectivity index (χ0) is 18.0. The molecule has 1 atom stereocenters. The van der Waals surface area contributed by atoms with E-state index in [-0.39, 0.29) is 11.1 Å². The first-order chi connectivity index (χ1) is 11.7. The predicted molar refractivity (Wildman–Crippen MR) is 106 cm³/mol. The van der Waals surface area contributed by atoms with Gasteiger partial charge in [0.05, 0.1) is 0 Å². The minimum absolute atomic E-state index is 0.214. The van der Waals surface area contributed by atoms with Gasteiger partial charge in [0.25, 0.3) is 0 Å². The van der Waals surface area contributed by atoms with Crippen LogP contribution in [0.1, 0.15) is 57.6 Å². The first kappa shape index (κ1) is 16.9. The fourth-order valence-corrected chi connectivity index (χ4v) is 5.46. The van der Waals surface area contributed by atoms with Crippen molar-refractivity contribution in [3.63, 3.8) is 0 Å². The van der Waals surface area contributed by atoms with Crippen molar-refractivity contribution >= 4 is 13.3 Å². The van der Waals surface area contributed by atoms with Crippen LogP contribution in [-0.4, -0.2) is 29.2 Å². The fourth-order valence-electron chi connectivity index (χ4n) is 5.46. The molecule has 1 fully saturated rings. The van der Waals surface area contributed by atoms with Crippen molar-refractivity contribution in [3.05, 3.63) is 53.6 Å². The molecule has 2 aromatic rings. The van der Waals surface area contributed by atoms with Crippen LogP contribution < -0.4 is 5.46 Å². The van der Waals surface area contributed by atoms with Crippen LogP contribution in [-0.2, 0) is 0 Å². The van der Waals surface area contributed by atoms with E-state index >= 15 is 0 Å². The molecule has 0 saturated carbocycles. The number of hydroxylamine groups is 2. The fraction of sp³-hybridized carbons (Fsp3) is 0.455. The minimum Gasteiger partial charge on any atom is -0.313 e. The van der Waals surface area contributed by atoms with Crippen LogP contribution >= 0.6 is 0 Å². The van der Waals surface area contributed by atoms with Crippen LogP contribution in [0.15, 0.2) is 42.5 Å². The molecule has 1 unspecified atom stereocenters. The molecule has 1 aliphatic carbocycles. The molecule has 1 N–H and O–H groups in total. The highest BCUT2D eigenvalue weighted by atomic mass is 16.5. The van der Waals surface area contributed by atoms with Gasteiger partial charge in [0.1, 0.15) is 7.85 Å². The molecular weight excluding hydrogens is 305 g/mol. The van der Waals surface area contributed by atoms with E-state index in [4.69, 9.17) is 0 Å². The molecule has 3 heteroatoms. The lowest BCUT2D eigenvalue weighted by Crippen LogP contribution is -2.59. The van der Waals surface area contributed by atoms with Gasteiger partial charge in [-0.1, -0.05) is 47.9 Å². The van der Waals surface area contributed by atoms with Gasteiger partial charge in [-0.05, 0) is 68.7 Å². The highest BCUT2D eigenvalue weighted by molar-refractivity contribution is 6.32. The maximum Gasteiger partial charge on any atom is 0.139 e. The average molecular weight is 333 g/mol. The number of piperidine rings is 1. The lowest BCUT2D eigenvalue weighted by Gasteiger charge is -2.53. The minimum atomic E-state index is -0.214. The lowest BCUT2D eigenvalue weighted by atomic mass is 9.68. The van der Waals surface area contributed by atoms with Crippen molar-refractivity contribution in [1.29, 1.82) is 0 Å². The van der Waals surface area contributed by atoms with E-state index < -0.39 is 0 Å². The summed E-state index contributed by atoms with van der Waals surface area (Å²) in [5, 5.41) is 12.3. The van der Waals surface area contributed by atoms with Crippen LogP contribution in [0.25, 0.3) is 11.1 Å². The third-order valence-electron chi connectivity index (χ3n) is 6.27. The van der Waals surface area contributed by atoms with Crippen molar-refractivity contribution in [3.8, 4) is 11.1 Å². The summed E-state index contributed by atoms with van der Waals surface area (Å²) in [6.45, 7) is 8.66. The summed E-state index contributed by atoms with van der Waals surface area (Å²) in [7, 11) is 2.19. The van der Waals surface area contributed by atoms with Crippen molar-refractivity contribution in [2.24, 2.45) is 5.92 Å². The second-order valence-electron chi connectivity index (χ2n) is 9.26. The molecule has 1 aliphatic heterocycles. The number of hydrogen-bond acceptors (Lipinski definition) is 2. The molecule has 1 heterocycles. The molecule has 4 rings (SSSR count). The van der Waals surface area contributed by atoms with Gasteiger partial charge in [0.15, 0.2) is 0 Å². The van der Waals surface area contributed by atoms with Crippen LogP contribution in [0, 0.1) is 5.92 Å². The van der Waals surface area contributed by atoms with Crippen molar-refractivity contribution < 1.29 is 5.21 Å². The Bertz CT molecular complexity index is 809. The van der Waals surface area contributed by atoms with E-state index in [1.54, 1.807) is 5.06 Å². The van der Waals surface area contributed by atoms with Gasteiger partial charge in [-0.2, -0.15) is 5.06 Å². The topological polar surface area (TPSA) is 23.5 Å². The van der Waals surface area contributed by atoms with Gasteiger partial charge in [-0.3, -0.25) is 0 Å².